The fourth-order valence-electron chi connectivity index (χ4n) is 3.01. The van der Waals surface area contributed by atoms with Gasteiger partial charge in [0, 0.05) is 13.0 Å². The van der Waals surface area contributed by atoms with Gasteiger partial charge in [-0.2, -0.15) is 0 Å². The standard InChI is InChI=1S/C19H20N2O5S/c1-19(12-14-4-2-3-5-16(14)17(22)26-19)18(23)21-11-10-13-6-8-15(9-7-13)27(20,24)25/h2-9H,10-12H2,1H3,(H,21,23)(H2,20,24,25)/t19-/m1/s1. The molecule has 1 heterocycles. The Kier molecular flexibility index (Phi) is 5.03. The summed E-state index contributed by atoms with van der Waals surface area (Å²) in [7, 11) is -3.72. The van der Waals surface area contributed by atoms with Gasteiger partial charge in [-0.25, -0.2) is 18.4 Å². The molecule has 0 aliphatic carbocycles. The summed E-state index contributed by atoms with van der Waals surface area (Å²) in [6.07, 6.45) is 0.807. The molecule has 27 heavy (non-hydrogen) atoms. The third-order valence-corrected chi connectivity index (χ3v) is 5.44. The molecule has 1 amide bonds. The van der Waals surface area contributed by atoms with Gasteiger partial charge in [-0.1, -0.05) is 30.3 Å². The Bertz CT molecular complexity index is 985. The van der Waals surface area contributed by atoms with Crippen LogP contribution in [0.15, 0.2) is 53.4 Å². The SMILES string of the molecule is C[C@]1(C(=O)NCCc2ccc(S(N)(=O)=O)cc2)Cc2ccccc2C(=O)O1. The Morgan fingerprint density at radius 2 is 1.85 bits per heavy atom. The lowest BCUT2D eigenvalue weighted by Gasteiger charge is -2.33. The van der Waals surface area contributed by atoms with Crippen LogP contribution < -0.4 is 10.5 Å². The van der Waals surface area contributed by atoms with E-state index in [0.717, 1.165) is 11.1 Å². The van der Waals surface area contributed by atoms with Gasteiger partial charge < -0.3 is 10.1 Å². The van der Waals surface area contributed by atoms with Crippen molar-refractivity contribution in [2.24, 2.45) is 5.14 Å². The van der Waals surface area contributed by atoms with Crippen LogP contribution >= 0.6 is 0 Å². The second-order valence-corrected chi connectivity index (χ2v) is 8.21. The predicted octanol–water partition coefficient (Wildman–Crippen LogP) is 1.16. The number of nitrogens with one attached hydrogen (secondary N) is 1. The van der Waals surface area contributed by atoms with Gasteiger partial charge in [0.2, 0.25) is 10.0 Å². The number of fused-ring (bicyclic) bond motifs is 1. The van der Waals surface area contributed by atoms with E-state index in [1.165, 1.54) is 12.1 Å². The number of benzene rings is 2. The highest BCUT2D eigenvalue weighted by molar-refractivity contribution is 7.89. The van der Waals surface area contributed by atoms with Crippen LogP contribution in [0, 0.1) is 0 Å². The molecular formula is C19H20N2O5S. The number of carbonyl (C=O) groups excluding carboxylic acids is 2. The van der Waals surface area contributed by atoms with Crippen LogP contribution in [0.3, 0.4) is 0 Å². The number of cyclic esters (lactones) is 1. The molecule has 2 aromatic carbocycles. The van der Waals surface area contributed by atoms with Crippen LogP contribution in [0.25, 0.3) is 0 Å². The van der Waals surface area contributed by atoms with Gasteiger partial charge in [0.1, 0.15) is 0 Å². The molecule has 0 aromatic heterocycles. The second kappa shape index (κ2) is 7.13. The summed E-state index contributed by atoms with van der Waals surface area (Å²) in [5, 5.41) is 7.84. The molecule has 1 atom stereocenters. The van der Waals surface area contributed by atoms with Crippen molar-refractivity contribution >= 4 is 21.9 Å². The average Bonchev–Trinajstić information content (AvgIpc) is 2.61. The highest BCUT2D eigenvalue weighted by Gasteiger charge is 2.42. The monoisotopic (exact) mass is 388 g/mol. The van der Waals surface area contributed by atoms with Crippen molar-refractivity contribution in [1.82, 2.24) is 5.32 Å². The first-order chi connectivity index (χ1) is 12.7. The molecule has 0 unspecified atom stereocenters. The van der Waals surface area contributed by atoms with Crippen molar-refractivity contribution < 1.29 is 22.7 Å². The Labute approximate surface area is 157 Å². The van der Waals surface area contributed by atoms with E-state index in [1.807, 2.05) is 12.1 Å². The zero-order valence-corrected chi connectivity index (χ0v) is 15.6. The van der Waals surface area contributed by atoms with Crippen molar-refractivity contribution in [3.8, 4) is 0 Å². The number of ether oxygens (including phenoxy) is 1. The molecule has 3 N–H and O–H groups in total. The van der Waals surface area contributed by atoms with E-state index < -0.39 is 21.6 Å². The second-order valence-electron chi connectivity index (χ2n) is 6.65. The van der Waals surface area contributed by atoms with E-state index in [2.05, 4.69) is 5.32 Å². The molecule has 2 aromatic rings. The first-order valence-electron chi connectivity index (χ1n) is 8.40. The quantitative estimate of drug-likeness (QED) is 0.746. The van der Waals surface area contributed by atoms with Crippen LogP contribution in [-0.4, -0.2) is 32.4 Å². The van der Waals surface area contributed by atoms with Crippen molar-refractivity contribution in [2.75, 3.05) is 6.54 Å². The maximum atomic E-state index is 12.6. The number of primary sulfonamides is 1. The minimum absolute atomic E-state index is 0.0376. The van der Waals surface area contributed by atoms with Gasteiger partial charge in [0.25, 0.3) is 5.91 Å². The van der Waals surface area contributed by atoms with Crippen molar-refractivity contribution in [3.05, 3.63) is 65.2 Å². The van der Waals surface area contributed by atoms with E-state index in [9.17, 15) is 18.0 Å². The summed E-state index contributed by atoms with van der Waals surface area (Å²) >= 11 is 0. The summed E-state index contributed by atoms with van der Waals surface area (Å²) < 4.78 is 27.9. The minimum Gasteiger partial charge on any atom is -0.445 e. The molecule has 1 aliphatic rings. The van der Waals surface area contributed by atoms with Crippen molar-refractivity contribution in [1.29, 1.82) is 0 Å². The van der Waals surface area contributed by atoms with Gasteiger partial charge in [0.15, 0.2) is 5.60 Å². The molecule has 0 saturated carbocycles. The van der Waals surface area contributed by atoms with Gasteiger partial charge in [0.05, 0.1) is 10.5 Å². The predicted molar refractivity (Wildman–Crippen MR) is 98.5 cm³/mol. The average molecular weight is 388 g/mol. The number of esters is 1. The molecule has 0 radical (unpaired) electrons. The van der Waals surface area contributed by atoms with E-state index in [-0.39, 0.29) is 10.8 Å². The van der Waals surface area contributed by atoms with Crippen molar-refractivity contribution in [3.63, 3.8) is 0 Å². The summed E-state index contributed by atoms with van der Waals surface area (Å²) in [5.74, 6) is -0.875. The largest absolute Gasteiger partial charge is 0.445 e. The molecule has 1 aliphatic heterocycles. The van der Waals surface area contributed by atoms with Crippen LogP contribution in [0.2, 0.25) is 0 Å². The van der Waals surface area contributed by atoms with Gasteiger partial charge in [-0.3, -0.25) is 4.79 Å². The molecule has 0 saturated heterocycles. The highest BCUT2D eigenvalue weighted by Crippen LogP contribution is 2.28. The lowest BCUT2D eigenvalue weighted by atomic mass is 9.89. The smallest absolute Gasteiger partial charge is 0.339 e. The zero-order chi connectivity index (χ0) is 19.7. The molecule has 0 spiro atoms. The summed E-state index contributed by atoms with van der Waals surface area (Å²) in [6, 6.07) is 13.2. The third kappa shape index (κ3) is 4.17. The molecule has 3 rings (SSSR count). The minimum atomic E-state index is -3.72. The molecule has 0 fully saturated rings. The van der Waals surface area contributed by atoms with E-state index in [0.29, 0.717) is 24.9 Å². The summed E-state index contributed by atoms with van der Waals surface area (Å²) in [5.41, 5.74) is 0.852. The number of carbonyl (C=O) groups is 2. The van der Waals surface area contributed by atoms with Crippen LogP contribution in [0.5, 0.6) is 0 Å². The van der Waals surface area contributed by atoms with Crippen LogP contribution in [0.4, 0.5) is 0 Å². The van der Waals surface area contributed by atoms with E-state index in [4.69, 9.17) is 9.88 Å². The summed E-state index contributed by atoms with van der Waals surface area (Å²) in [6.45, 7) is 1.92. The van der Waals surface area contributed by atoms with Crippen LogP contribution in [-0.2, 0) is 32.4 Å². The Hall–Kier alpha value is -2.71. The Morgan fingerprint density at radius 3 is 2.52 bits per heavy atom. The molecule has 142 valence electrons. The van der Waals surface area contributed by atoms with E-state index in [1.54, 1.807) is 31.2 Å². The lowest BCUT2D eigenvalue weighted by Crippen LogP contribution is -2.52. The number of hydrogen-bond donors (Lipinski definition) is 2. The fourth-order valence-corrected chi connectivity index (χ4v) is 3.53. The first-order valence-corrected chi connectivity index (χ1v) is 9.95. The first kappa shape index (κ1) is 19.1. The van der Waals surface area contributed by atoms with Gasteiger partial charge in [-0.05, 0) is 42.7 Å². The molecule has 0 bridgehead atoms. The number of hydrogen-bond acceptors (Lipinski definition) is 5. The number of nitrogens with two attached hydrogens (primary N) is 1. The highest BCUT2D eigenvalue weighted by atomic mass is 32.2. The molecular weight excluding hydrogens is 368 g/mol. The molecule has 7 nitrogen and oxygen atoms in total. The molecule has 8 heteroatoms. The maximum Gasteiger partial charge on any atom is 0.339 e. The zero-order valence-electron chi connectivity index (χ0n) is 14.8. The maximum absolute atomic E-state index is 12.6. The third-order valence-electron chi connectivity index (χ3n) is 4.51. The number of amides is 1. The number of rotatable bonds is 5. The van der Waals surface area contributed by atoms with Gasteiger partial charge in [-0.15, -0.1) is 0 Å². The summed E-state index contributed by atoms with van der Waals surface area (Å²) in [4.78, 5) is 24.8. The van der Waals surface area contributed by atoms with Crippen LogP contribution in [0.1, 0.15) is 28.4 Å². The van der Waals surface area contributed by atoms with Crippen molar-refractivity contribution in [2.45, 2.75) is 30.3 Å². The fraction of sp³-hybridized carbons (Fsp3) is 0.263. The topological polar surface area (TPSA) is 116 Å². The van der Waals surface area contributed by atoms with E-state index >= 15 is 0 Å². The lowest BCUT2D eigenvalue weighted by molar-refractivity contribution is -0.139. The normalized spacial score (nSPS) is 19.1. The Balaban J connectivity index is 1.60. The Morgan fingerprint density at radius 1 is 1.19 bits per heavy atom. The van der Waals surface area contributed by atoms with Gasteiger partial charge >= 0.3 is 5.97 Å². The number of sulfonamides is 1.